The van der Waals surface area contributed by atoms with Crippen molar-refractivity contribution in [2.75, 3.05) is 6.61 Å². The van der Waals surface area contributed by atoms with Gasteiger partial charge in [0.1, 0.15) is 0 Å². The molecule has 12 heavy (non-hydrogen) atoms. The van der Waals surface area contributed by atoms with Crippen LogP contribution in [-0.2, 0) is 0 Å². The Bertz CT molecular complexity index is 288. The maximum Gasteiger partial charge on any atom is 0.224 e. The van der Waals surface area contributed by atoms with E-state index in [1.54, 1.807) is 12.3 Å². The van der Waals surface area contributed by atoms with E-state index < -0.39 is 0 Å². The fraction of sp³-hybridized carbons (Fsp3) is 0.250. The molecule has 0 bridgehead atoms. The van der Waals surface area contributed by atoms with Gasteiger partial charge >= 0.3 is 0 Å². The second kappa shape index (κ2) is 4.21. The molecule has 0 N–H and O–H groups in total. The number of ether oxygens (including phenoxy) is 1. The number of carbonyl (C=O) groups is 1. The number of pyridine rings is 1. The average molecular weight is 230 g/mol. The molecule has 0 aliphatic rings. The molecule has 0 fully saturated rings. The van der Waals surface area contributed by atoms with Crippen molar-refractivity contribution >= 4 is 22.2 Å². The highest BCUT2D eigenvalue weighted by Crippen LogP contribution is 2.17. The van der Waals surface area contributed by atoms with E-state index >= 15 is 0 Å². The summed E-state index contributed by atoms with van der Waals surface area (Å²) >= 11 is 3.21. The van der Waals surface area contributed by atoms with Gasteiger partial charge in [-0.1, -0.05) is 0 Å². The van der Waals surface area contributed by atoms with E-state index in [9.17, 15) is 4.79 Å². The molecule has 4 heteroatoms. The summed E-state index contributed by atoms with van der Waals surface area (Å²) < 4.78 is 5.89. The van der Waals surface area contributed by atoms with Crippen molar-refractivity contribution in [3.63, 3.8) is 0 Å². The van der Waals surface area contributed by atoms with Crippen molar-refractivity contribution < 1.29 is 9.53 Å². The Labute approximate surface area is 78.9 Å². The maximum absolute atomic E-state index is 10.5. The lowest BCUT2D eigenvalue weighted by Crippen LogP contribution is -1.98. The van der Waals surface area contributed by atoms with Crippen LogP contribution in [0.1, 0.15) is 17.3 Å². The summed E-state index contributed by atoms with van der Waals surface area (Å²) in [5, 5.41) is 0. The van der Waals surface area contributed by atoms with Crippen molar-refractivity contribution in [1.29, 1.82) is 0 Å². The van der Waals surface area contributed by atoms with Gasteiger partial charge in [0, 0.05) is 10.7 Å². The number of rotatable bonds is 3. The summed E-state index contributed by atoms with van der Waals surface area (Å²) in [5.74, 6) is 0.385. The predicted octanol–water partition coefficient (Wildman–Crippen LogP) is 2.06. The zero-order valence-electron chi connectivity index (χ0n) is 6.58. The van der Waals surface area contributed by atoms with Crippen molar-refractivity contribution in [1.82, 2.24) is 4.98 Å². The molecule has 0 aliphatic carbocycles. The Morgan fingerprint density at radius 3 is 3.08 bits per heavy atom. The lowest BCUT2D eigenvalue weighted by atomic mass is 10.3. The van der Waals surface area contributed by atoms with Gasteiger partial charge in [-0.25, -0.2) is 4.98 Å². The van der Waals surface area contributed by atoms with E-state index in [2.05, 4.69) is 20.9 Å². The molecule has 1 heterocycles. The first-order valence-corrected chi connectivity index (χ1v) is 4.30. The first kappa shape index (κ1) is 9.19. The number of halogens is 1. The smallest absolute Gasteiger partial charge is 0.224 e. The predicted molar refractivity (Wildman–Crippen MR) is 48.5 cm³/mol. The number of aldehydes is 1. The molecule has 0 atom stereocenters. The molecule has 64 valence electrons. The van der Waals surface area contributed by atoms with Crippen LogP contribution in [0, 0.1) is 0 Å². The molecule has 0 saturated heterocycles. The van der Waals surface area contributed by atoms with Crippen LogP contribution in [0.5, 0.6) is 5.88 Å². The van der Waals surface area contributed by atoms with Crippen molar-refractivity contribution in [2.45, 2.75) is 6.92 Å². The summed E-state index contributed by atoms with van der Waals surface area (Å²) in [6, 6.07) is 1.67. The van der Waals surface area contributed by atoms with Gasteiger partial charge in [0.25, 0.3) is 0 Å². The Morgan fingerprint density at radius 1 is 1.75 bits per heavy atom. The molecule has 0 spiro atoms. The Hall–Kier alpha value is -0.900. The zero-order chi connectivity index (χ0) is 8.97. The zero-order valence-corrected chi connectivity index (χ0v) is 8.17. The second-order valence-corrected chi connectivity index (χ2v) is 3.01. The number of hydrogen-bond donors (Lipinski definition) is 0. The van der Waals surface area contributed by atoms with Crippen molar-refractivity contribution in [3.05, 3.63) is 22.3 Å². The largest absolute Gasteiger partial charge is 0.477 e. The lowest BCUT2D eigenvalue weighted by Gasteiger charge is -2.03. The number of hydrogen-bond acceptors (Lipinski definition) is 3. The summed E-state index contributed by atoms with van der Waals surface area (Å²) in [7, 11) is 0. The molecule has 0 amide bonds. The van der Waals surface area contributed by atoms with Crippen LogP contribution in [0.4, 0.5) is 0 Å². The first-order valence-electron chi connectivity index (χ1n) is 3.51. The van der Waals surface area contributed by atoms with E-state index in [1.165, 1.54) is 0 Å². The highest BCUT2D eigenvalue weighted by molar-refractivity contribution is 9.10. The van der Waals surface area contributed by atoms with Gasteiger partial charge in [-0.3, -0.25) is 4.79 Å². The third kappa shape index (κ3) is 2.04. The minimum absolute atomic E-state index is 0.385. The monoisotopic (exact) mass is 229 g/mol. The van der Waals surface area contributed by atoms with Gasteiger partial charge < -0.3 is 4.74 Å². The topological polar surface area (TPSA) is 39.2 Å². The summed E-state index contributed by atoms with van der Waals surface area (Å²) in [5.41, 5.74) is 0.464. The molecular weight excluding hydrogens is 222 g/mol. The molecule has 1 aromatic heterocycles. The SMILES string of the molecule is CCOc1ncc(Br)cc1C=O. The highest BCUT2D eigenvalue weighted by atomic mass is 79.9. The minimum Gasteiger partial charge on any atom is -0.477 e. The van der Waals surface area contributed by atoms with Gasteiger partial charge in [0.2, 0.25) is 5.88 Å². The number of carbonyl (C=O) groups excluding carboxylic acids is 1. The van der Waals surface area contributed by atoms with Crippen LogP contribution < -0.4 is 4.74 Å². The van der Waals surface area contributed by atoms with Crippen LogP contribution in [0.3, 0.4) is 0 Å². The van der Waals surface area contributed by atoms with Gasteiger partial charge in [-0.15, -0.1) is 0 Å². The fourth-order valence-electron chi connectivity index (χ4n) is 0.784. The Balaban J connectivity index is 3.02. The maximum atomic E-state index is 10.5. The van der Waals surface area contributed by atoms with Crippen LogP contribution in [0.2, 0.25) is 0 Å². The molecule has 0 saturated carbocycles. The van der Waals surface area contributed by atoms with Crippen LogP contribution in [0.25, 0.3) is 0 Å². The first-order chi connectivity index (χ1) is 5.77. The molecule has 1 rings (SSSR count). The second-order valence-electron chi connectivity index (χ2n) is 2.10. The van der Waals surface area contributed by atoms with E-state index in [4.69, 9.17) is 4.74 Å². The third-order valence-electron chi connectivity index (χ3n) is 1.25. The van der Waals surface area contributed by atoms with E-state index in [1.807, 2.05) is 6.92 Å². The molecule has 1 aromatic rings. The molecule has 0 unspecified atom stereocenters. The molecule has 3 nitrogen and oxygen atoms in total. The number of aromatic nitrogens is 1. The summed E-state index contributed by atoms with van der Waals surface area (Å²) in [6.07, 6.45) is 2.32. The normalized spacial score (nSPS) is 9.50. The minimum atomic E-state index is 0.385. The quantitative estimate of drug-likeness (QED) is 0.746. The van der Waals surface area contributed by atoms with Crippen LogP contribution >= 0.6 is 15.9 Å². The molecule has 0 radical (unpaired) electrons. The number of nitrogens with zero attached hydrogens (tertiary/aromatic N) is 1. The van der Waals surface area contributed by atoms with Gasteiger partial charge in [0.05, 0.1) is 12.2 Å². The van der Waals surface area contributed by atoms with Crippen LogP contribution in [-0.4, -0.2) is 17.9 Å². The Kier molecular flexibility index (Phi) is 3.22. The van der Waals surface area contributed by atoms with E-state index in [0.717, 1.165) is 10.8 Å². The standard InChI is InChI=1S/C8H8BrNO2/c1-2-12-8-6(5-11)3-7(9)4-10-8/h3-5H,2H2,1H3. The molecule has 0 aliphatic heterocycles. The molecular formula is C8H8BrNO2. The average Bonchev–Trinajstić information content (AvgIpc) is 2.08. The van der Waals surface area contributed by atoms with E-state index in [-0.39, 0.29) is 0 Å². The third-order valence-corrected chi connectivity index (χ3v) is 1.69. The van der Waals surface area contributed by atoms with Gasteiger partial charge in [-0.05, 0) is 28.9 Å². The fourth-order valence-corrected chi connectivity index (χ4v) is 1.13. The van der Waals surface area contributed by atoms with Crippen molar-refractivity contribution in [3.8, 4) is 5.88 Å². The van der Waals surface area contributed by atoms with Crippen LogP contribution in [0.15, 0.2) is 16.7 Å². The van der Waals surface area contributed by atoms with E-state index in [0.29, 0.717) is 18.1 Å². The summed E-state index contributed by atoms with van der Waals surface area (Å²) in [6.45, 7) is 2.35. The highest BCUT2D eigenvalue weighted by Gasteiger charge is 2.03. The lowest BCUT2D eigenvalue weighted by molar-refractivity contribution is 0.111. The van der Waals surface area contributed by atoms with Crippen molar-refractivity contribution in [2.24, 2.45) is 0 Å². The van der Waals surface area contributed by atoms with Gasteiger partial charge in [-0.2, -0.15) is 0 Å². The van der Waals surface area contributed by atoms with Gasteiger partial charge in [0.15, 0.2) is 6.29 Å². The summed E-state index contributed by atoms with van der Waals surface area (Å²) in [4.78, 5) is 14.5. The Morgan fingerprint density at radius 2 is 2.50 bits per heavy atom. The molecule has 0 aromatic carbocycles.